The summed E-state index contributed by atoms with van der Waals surface area (Å²) in [4.78, 5) is 2.11. The number of anilines is 1. The van der Waals surface area contributed by atoms with Crippen molar-refractivity contribution in [1.29, 1.82) is 0 Å². The summed E-state index contributed by atoms with van der Waals surface area (Å²) < 4.78 is 12.9. The van der Waals surface area contributed by atoms with E-state index in [1.807, 2.05) is 0 Å². The van der Waals surface area contributed by atoms with Crippen molar-refractivity contribution in [2.24, 2.45) is 5.92 Å². The lowest BCUT2D eigenvalue weighted by atomic mass is 10.0. The molecule has 0 amide bonds. The molecule has 1 saturated carbocycles. The first-order valence-electron chi connectivity index (χ1n) is 6.89. The van der Waals surface area contributed by atoms with Crippen LogP contribution < -0.4 is 4.90 Å². The fraction of sp³-hybridized carbons (Fsp3) is 0.600. The molecule has 18 heavy (non-hydrogen) atoms. The summed E-state index contributed by atoms with van der Waals surface area (Å²) in [5.74, 6) is 0.227. The second-order valence-corrected chi connectivity index (χ2v) is 5.13. The average Bonchev–Trinajstić information content (AvgIpc) is 2.91. The van der Waals surface area contributed by atoms with Gasteiger partial charge in [0, 0.05) is 18.8 Å². The summed E-state index contributed by atoms with van der Waals surface area (Å²) in [7, 11) is 0. The van der Waals surface area contributed by atoms with Gasteiger partial charge in [-0.3, -0.25) is 0 Å². The quantitative estimate of drug-likeness (QED) is 0.868. The van der Waals surface area contributed by atoms with E-state index in [1.165, 1.54) is 25.0 Å². The highest BCUT2D eigenvalue weighted by Gasteiger charge is 2.24. The second kappa shape index (κ2) is 6.19. The number of hydrogen-bond acceptors (Lipinski definition) is 2. The number of rotatable bonds is 5. The van der Waals surface area contributed by atoms with Crippen LogP contribution in [0, 0.1) is 11.7 Å². The van der Waals surface area contributed by atoms with Gasteiger partial charge < -0.3 is 10.0 Å². The normalized spacial score (nSPS) is 17.9. The van der Waals surface area contributed by atoms with Crippen LogP contribution in [0.1, 0.15) is 32.6 Å². The van der Waals surface area contributed by atoms with E-state index in [4.69, 9.17) is 0 Å². The lowest BCUT2D eigenvalue weighted by molar-refractivity contribution is 0.116. The summed E-state index contributed by atoms with van der Waals surface area (Å²) in [6.07, 6.45) is 4.50. The standard InChI is InChI=1S/C15H22FNO/c1-2-17(14-9-7-13(16)8-10-14)11-15(18)12-5-3-4-6-12/h7-10,12,15,18H,2-6,11H2,1H3. The van der Waals surface area contributed by atoms with Crippen LogP contribution in [0.5, 0.6) is 0 Å². The van der Waals surface area contributed by atoms with Crippen molar-refractivity contribution in [3.8, 4) is 0 Å². The Balaban J connectivity index is 1.97. The molecule has 1 aliphatic rings. The van der Waals surface area contributed by atoms with E-state index in [1.54, 1.807) is 12.1 Å². The van der Waals surface area contributed by atoms with Gasteiger partial charge in [-0.2, -0.15) is 0 Å². The fourth-order valence-corrected chi connectivity index (χ4v) is 2.79. The van der Waals surface area contributed by atoms with Crippen molar-refractivity contribution in [3.05, 3.63) is 30.1 Å². The fourth-order valence-electron chi connectivity index (χ4n) is 2.79. The summed E-state index contributed by atoms with van der Waals surface area (Å²) in [5, 5.41) is 10.3. The van der Waals surface area contributed by atoms with E-state index in [0.29, 0.717) is 12.5 Å². The van der Waals surface area contributed by atoms with Gasteiger partial charge in [0.1, 0.15) is 5.82 Å². The van der Waals surface area contributed by atoms with E-state index in [2.05, 4.69) is 11.8 Å². The Morgan fingerprint density at radius 1 is 1.28 bits per heavy atom. The van der Waals surface area contributed by atoms with Gasteiger partial charge >= 0.3 is 0 Å². The first-order chi connectivity index (χ1) is 8.70. The van der Waals surface area contributed by atoms with Crippen molar-refractivity contribution in [2.75, 3.05) is 18.0 Å². The van der Waals surface area contributed by atoms with Gasteiger partial charge in [-0.15, -0.1) is 0 Å². The first kappa shape index (κ1) is 13.3. The van der Waals surface area contributed by atoms with Crippen LogP contribution >= 0.6 is 0 Å². The summed E-state index contributed by atoms with van der Waals surface area (Å²) >= 11 is 0. The molecule has 1 atom stereocenters. The highest BCUT2D eigenvalue weighted by molar-refractivity contribution is 5.46. The van der Waals surface area contributed by atoms with Crippen LogP contribution in [0.15, 0.2) is 24.3 Å². The number of hydrogen-bond donors (Lipinski definition) is 1. The van der Waals surface area contributed by atoms with Gasteiger partial charge in [-0.1, -0.05) is 12.8 Å². The minimum absolute atomic E-state index is 0.217. The van der Waals surface area contributed by atoms with Crippen molar-refractivity contribution >= 4 is 5.69 Å². The smallest absolute Gasteiger partial charge is 0.123 e. The molecule has 1 aliphatic carbocycles. The van der Waals surface area contributed by atoms with Crippen LogP contribution in [0.3, 0.4) is 0 Å². The molecule has 0 radical (unpaired) electrons. The number of nitrogens with zero attached hydrogens (tertiary/aromatic N) is 1. The molecular weight excluding hydrogens is 229 g/mol. The number of aliphatic hydroxyl groups excluding tert-OH is 1. The number of aliphatic hydroxyl groups is 1. The lowest BCUT2D eigenvalue weighted by Crippen LogP contribution is -2.35. The molecule has 2 nitrogen and oxygen atoms in total. The van der Waals surface area contributed by atoms with Crippen molar-refractivity contribution in [2.45, 2.75) is 38.7 Å². The summed E-state index contributed by atoms with van der Waals surface area (Å²) in [6.45, 7) is 3.53. The maximum Gasteiger partial charge on any atom is 0.123 e. The molecule has 100 valence electrons. The largest absolute Gasteiger partial charge is 0.391 e. The van der Waals surface area contributed by atoms with E-state index in [-0.39, 0.29) is 11.9 Å². The Kier molecular flexibility index (Phi) is 4.59. The van der Waals surface area contributed by atoms with Crippen LogP contribution in [-0.4, -0.2) is 24.3 Å². The Morgan fingerprint density at radius 2 is 1.89 bits per heavy atom. The highest BCUT2D eigenvalue weighted by Crippen LogP contribution is 2.28. The predicted octanol–water partition coefficient (Wildman–Crippen LogP) is 3.20. The molecule has 0 aromatic heterocycles. The van der Waals surface area contributed by atoms with Gasteiger partial charge in [-0.05, 0) is 49.9 Å². The SMILES string of the molecule is CCN(CC(O)C1CCCC1)c1ccc(F)cc1. The maximum atomic E-state index is 12.9. The van der Waals surface area contributed by atoms with Gasteiger partial charge in [-0.25, -0.2) is 4.39 Å². The van der Waals surface area contributed by atoms with Crippen molar-refractivity contribution in [1.82, 2.24) is 0 Å². The van der Waals surface area contributed by atoms with Crippen LogP contribution in [0.25, 0.3) is 0 Å². The van der Waals surface area contributed by atoms with E-state index < -0.39 is 0 Å². The zero-order chi connectivity index (χ0) is 13.0. The molecule has 2 rings (SSSR count). The zero-order valence-corrected chi connectivity index (χ0v) is 11.0. The van der Waals surface area contributed by atoms with Gasteiger partial charge in [0.05, 0.1) is 6.10 Å². The van der Waals surface area contributed by atoms with E-state index >= 15 is 0 Å². The molecular formula is C15H22FNO. The Bertz CT molecular complexity index is 359. The molecule has 1 unspecified atom stereocenters. The van der Waals surface area contributed by atoms with E-state index in [0.717, 1.165) is 25.1 Å². The highest BCUT2D eigenvalue weighted by atomic mass is 19.1. The van der Waals surface area contributed by atoms with Gasteiger partial charge in [0.15, 0.2) is 0 Å². The average molecular weight is 251 g/mol. The van der Waals surface area contributed by atoms with Crippen LogP contribution in [0.2, 0.25) is 0 Å². The Morgan fingerprint density at radius 3 is 2.44 bits per heavy atom. The third-order valence-electron chi connectivity index (χ3n) is 3.92. The Labute approximate surface area is 108 Å². The van der Waals surface area contributed by atoms with Gasteiger partial charge in [0.25, 0.3) is 0 Å². The zero-order valence-electron chi connectivity index (χ0n) is 11.0. The molecule has 0 aliphatic heterocycles. The molecule has 1 aromatic rings. The summed E-state index contributed by atoms with van der Waals surface area (Å²) in [5.41, 5.74) is 0.982. The molecule has 0 bridgehead atoms. The monoisotopic (exact) mass is 251 g/mol. The summed E-state index contributed by atoms with van der Waals surface area (Å²) in [6, 6.07) is 6.50. The van der Waals surface area contributed by atoms with Gasteiger partial charge in [0.2, 0.25) is 0 Å². The predicted molar refractivity (Wildman–Crippen MR) is 72.3 cm³/mol. The van der Waals surface area contributed by atoms with Crippen molar-refractivity contribution < 1.29 is 9.50 Å². The molecule has 0 saturated heterocycles. The molecule has 0 spiro atoms. The topological polar surface area (TPSA) is 23.5 Å². The third-order valence-corrected chi connectivity index (χ3v) is 3.92. The second-order valence-electron chi connectivity index (χ2n) is 5.13. The number of halogens is 1. The Hall–Kier alpha value is -1.09. The van der Waals surface area contributed by atoms with Crippen molar-refractivity contribution in [3.63, 3.8) is 0 Å². The maximum absolute atomic E-state index is 12.9. The third kappa shape index (κ3) is 3.22. The number of likely N-dealkylation sites (N-methyl/N-ethyl adjacent to an activating group) is 1. The molecule has 0 heterocycles. The number of benzene rings is 1. The minimum Gasteiger partial charge on any atom is -0.391 e. The first-order valence-corrected chi connectivity index (χ1v) is 6.89. The van der Waals surface area contributed by atoms with E-state index in [9.17, 15) is 9.50 Å². The van der Waals surface area contributed by atoms with Crippen LogP contribution in [-0.2, 0) is 0 Å². The minimum atomic E-state index is -0.266. The van der Waals surface area contributed by atoms with Crippen LogP contribution in [0.4, 0.5) is 10.1 Å². The molecule has 1 aromatic carbocycles. The lowest BCUT2D eigenvalue weighted by Gasteiger charge is -2.28. The molecule has 1 fully saturated rings. The molecule has 3 heteroatoms. The molecule has 1 N–H and O–H groups in total.